The molecular formula is C8H9N5O. The second-order valence-electron chi connectivity index (χ2n) is 2.70. The lowest BCUT2D eigenvalue weighted by atomic mass is 10.3. The Kier molecular flexibility index (Phi) is 2.37. The normalized spacial score (nSPS) is 16.3. The van der Waals surface area contributed by atoms with E-state index in [1.807, 2.05) is 12.1 Å². The van der Waals surface area contributed by atoms with Crippen LogP contribution in [0.4, 0.5) is 4.79 Å². The van der Waals surface area contributed by atoms with Gasteiger partial charge in [-0.3, -0.25) is 10.4 Å². The number of hydrogen-bond acceptors (Lipinski definition) is 4. The van der Waals surface area contributed by atoms with Crippen molar-refractivity contribution in [1.29, 1.82) is 0 Å². The monoisotopic (exact) mass is 191 g/mol. The summed E-state index contributed by atoms with van der Waals surface area (Å²) in [6.45, 7) is 0.371. The number of nitrogens with zero attached hydrogens (tertiary/aromatic N) is 3. The standard InChI is InChI=1S/C8H9N5O/c14-8-12-10-6-13(8)11-5-7-2-1-3-9-4-7/h1-5,10H,6H2,(H,12,14)/b11-5+. The average molecular weight is 191 g/mol. The highest BCUT2D eigenvalue weighted by Crippen LogP contribution is 1.95. The molecule has 0 saturated carbocycles. The minimum atomic E-state index is -0.259. The smallest absolute Gasteiger partial charge is 0.270 e. The fourth-order valence-electron chi connectivity index (χ4n) is 1.01. The van der Waals surface area contributed by atoms with Crippen LogP contribution in [0.15, 0.2) is 29.6 Å². The molecule has 2 amide bonds. The van der Waals surface area contributed by atoms with Crippen molar-refractivity contribution in [2.45, 2.75) is 0 Å². The Morgan fingerprint density at radius 3 is 3.21 bits per heavy atom. The molecule has 0 bridgehead atoms. The molecule has 1 aromatic heterocycles. The van der Waals surface area contributed by atoms with Crippen molar-refractivity contribution in [1.82, 2.24) is 20.8 Å². The van der Waals surface area contributed by atoms with Gasteiger partial charge in [-0.2, -0.15) is 10.1 Å². The van der Waals surface area contributed by atoms with Crippen molar-refractivity contribution in [3.63, 3.8) is 0 Å². The van der Waals surface area contributed by atoms with Gasteiger partial charge in [0.1, 0.15) is 6.67 Å². The Labute approximate surface area is 80.6 Å². The highest BCUT2D eigenvalue weighted by Gasteiger charge is 2.17. The molecule has 1 aliphatic heterocycles. The number of carbonyl (C=O) groups excluding carboxylic acids is 1. The van der Waals surface area contributed by atoms with Crippen LogP contribution in [-0.2, 0) is 0 Å². The van der Waals surface area contributed by atoms with Crippen LogP contribution in [-0.4, -0.2) is 28.9 Å². The van der Waals surface area contributed by atoms with Crippen LogP contribution >= 0.6 is 0 Å². The van der Waals surface area contributed by atoms with Crippen LogP contribution in [0.3, 0.4) is 0 Å². The summed E-state index contributed by atoms with van der Waals surface area (Å²) in [5.74, 6) is 0. The van der Waals surface area contributed by atoms with E-state index < -0.39 is 0 Å². The molecule has 72 valence electrons. The summed E-state index contributed by atoms with van der Waals surface area (Å²) in [6, 6.07) is 3.41. The summed E-state index contributed by atoms with van der Waals surface area (Å²) in [5.41, 5.74) is 5.92. The lowest BCUT2D eigenvalue weighted by molar-refractivity contribution is 0.219. The van der Waals surface area contributed by atoms with Crippen LogP contribution in [0.5, 0.6) is 0 Å². The minimum absolute atomic E-state index is 0.259. The van der Waals surface area contributed by atoms with Gasteiger partial charge in [-0.1, -0.05) is 6.07 Å². The van der Waals surface area contributed by atoms with Gasteiger partial charge in [-0.05, 0) is 6.07 Å². The molecule has 2 heterocycles. The fourth-order valence-corrected chi connectivity index (χ4v) is 1.01. The number of hydrazine groups is 1. The third-order valence-corrected chi connectivity index (χ3v) is 1.69. The number of carbonyl (C=O) groups is 1. The van der Waals surface area contributed by atoms with Crippen molar-refractivity contribution in [2.24, 2.45) is 5.10 Å². The zero-order valence-electron chi connectivity index (χ0n) is 7.34. The molecular weight excluding hydrogens is 182 g/mol. The summed E-state index contributed by atoms with van der Waals surface area (Å²) in [6.07, 6.45) is 4.94. The summed E-state index contributed by atoms with van der Waals surface area (Å²) in [7, 11) is 0. The zero-order chi connectivity index (χ0) is 9.80. The van der Waals surface area contributed by atoms with Gasteiger partial charge >= 0.3 is 6.03 Å². The SMILES string of the molecule is O=C1NNCN1/N=C/c1cccnc1. The van der Waals surface area contributed by atoms with Crippen LogP contribution in [0.25, 0.3) is 0 Å². The van der Waals surface area contributed by atoms with Crippen LogP contribution < -0.4 is 10.9 Å². The van der Waals surface area contributed by atoms with Crippen molar-refractivity contribution < 1.29 is 4.79 Å². The number of hydrazone groups is 1. The van der Waals surface area contributed by atoms with E-state index in [1.165, 1.54) is 5.01 Å². The molecule has 1 aromatic rings. The van der Waals surface area contributed by atoms with E-state index in [4.69, 9.17) is 0 Å². The number of pyridine rings is 1. The Morgan fingerprint density at radius 2 is 2.57 bits per heavy atom. The van der Waals surface area contributed by atoms with Gasteiger partial charge in [0.2, 0.25) is 0 Å². The molecule has 0 aliphatic carbocycles. The van der Waals surface area contributed by atoms with E-state index in [-0.39, 0.29) is 6.03 Å². The molecule has 2 N–H and O–H groups in total. The Hall–Kier alpha value is -1.95. The van der Waals surface area contributed by atoms with Crippen molar-refractivity contribution in [2.75, 3.05) is 6.67 Å². The van der Waals surface area contributed by atoms with E-state index >= 15 is 0 Å². The molecule has 1 aliphatic rings. The minimum Gasteiger partial charge on any atom is -0.270 e. The number of rotatable bonds is 2. The van der Waals surface area contributed by atoms with Gasteiger partial charge < -0.3 is 0 Å². The molecule has 1 saturated heterocycles. The topological polar surface area (TPSA) is 69.6 Å². The van der Waals surface area contributed by atoms with Gasteiger partial charge in [0, 0.05) is 18.0 Å². The summed E-state index contributed by atoms with van der Waals surface area (Å²) >= 11 is 0. The number of urea groups is 1. The van der Waals surface area contributed by atoms with Gasteiger partial charge in [-0.15, -0.1) is 0 Å². The van der Waals surface area contributed by atoms with E-state index in [1.54, 1.807) is 18.6 Å². The molecule has 0 unspecified atom stereocenters. The van der Waals surface area contributed by atoms with E-state index in [9.17, 15) is 4.79 Å². The fraction of sp³-hybridized carbons (Fsp3) is 0.125. The predicted octanol–water partition coefficient (Wildman–Crippen LogP) is -0.0972. The van der Waals surface area contributed by atoms with Crippen LogP contribution in [0.1, 0.15) is 5.56 Å². The number of amides is 2. The Morgan fingerprint density at radius 1 is 1.64 bits per heavy atom. The quantitative estimate of drug-likeness (QED) is 0.641. The molecule has 1 fully saturated rings. The van der Waals surface area contributed by atoms with Crippen LogP contribution in [0.2, 0.25) is 0 Å². The molecule has 0 radical (unpaired) electrons. The average Bonchev–Trinajstić information content (AvgIpc) is 2.63. The lowest BCUT2D eigenvalue weighted by Crippen LogP contribution is -2.26. The highest BCUT2D eigenvalue weighted by molar-refractivity contribution is 5.81. The third-order valence-electron chi connectivity index (χ3n) is 1.69. The predicted molar refractivity (Wildman–Crippen MR) is 50.2 cm³/mol. The number of nitrogens with one attached hydrogen (secondary N) is 2. The molecule has 6 heteroatoms. The van der Waals surface area contributed by atoms with E-state index in [0.29, 0.717) is 6.67 Å². The molecule has 6 nitrogen and oxygen atoms in total. The van der Waals surface area contributed by atoms with Crippen molar-refractivity contribution in [3.8, 4) is 0 Å². The van der Waals surface area contributed by atoms with Gasteiger partial charge in [-0.25, -0.2) is 10.2 Å². The third kappa shape index (κ3) is 1.86. The van der Waals surface area contributed by atoms with Crippen molar-refractivity contribution in [3.05, 3.63) is 30.1 Å². The number of aromatic nitrogens is 1. The largest absolute Gasteiger partial charge is 0.353 e. The maximum absolute atomic E-state index is 11.0. The van der Waals surface area contributed by atoms with Crippen LogP contribution in [0, 0.1) is 0 Å². The zero-order valence-corrected chi connectivity index (χ0v) is 7.34. The van der Waals surface area contributed by atoms with Crippen molar-refractivity contribution >= 4 is 12.2 Å². The second kappa shape index (κ2) is 3.84. The second-order valence-corrected chi connectivity index (χ2v) is 2.70. The highest BCUT2D eigenvalue weighted by atomic mass is 16.2. The first-order chi connectivity index (χ1) is 6.86. The summed E-state index contributed by atoms with van der Waals surface area (Å²) < 4.78 is 0. The maximum Gasteiger partial charge on any atom is 0.353 e. The summed E-state index contributed by atoms with van der Waals surface area (Å²) in [5, 5.41) is 5.25. The molecule has 0 aromatic carbocycles. The van der Waals surface area contributed by atoms with E-state index in [0.717, 1.165) is 5.56 Å². The van der Waals surface area contributed by atoms with Gasteiger partial charge in [0.15, 0.2) is 0 Å². The first-order valence-corrected chi connectivity index (χ1v) is 4.10. The lowest BCUT2D eigenvalue weighted by Gasteiger charge is -2.03. The maximum atomic E-state index is 11.0. The molecule has 0 atom stereocenters. The van der Waals surface area contributed by atoms with Gasteiger partial charge in [0.25, 0.3) is 0 Å². The molecule has 14 heavy (non-hydrogen) atoms. The Balaban J connectivity index is 2.03. The first-order valence-electron chi connectivity index (χ1n) is 4.10. The Bertz CT molecular complexity index is 350. The molecule has 0 spiro atoms. The van der Waals surface area contributed by atoms with Gasteiger partial charge in [0.05, 0.1) is 6.21 Å². The summed E-state index contributed by atoms with van der Waals surface area (Å²) in [4.78, 5) is 14.9. The van der Waals surface area contributed by atoms with E-state index in [2.05, 4.69) is 20.9 Å². The first kappa shape index (κ1) is 8.64. The number of hydrogen-bond donors (Lipinski definition) is 2. The molecule has 2 rings (SSSR count).